The highest BCUT2D eigenvalue weighted by atomic mass is 79.9. The summed E-state index contributed by atoms with van der Waals surface area (Å²) in [6.45, 7) is 8.94. The smallest absolute Gasteiger partial charge is 0.209 e. The highest BCUT2D eigenvalue weighted by molar-refractivity contribution is 9.10. The second-order valence-electron chi connectivity index (χ2n) is 10.5. The monoisotopic (exact) mass is 598 g/mol. The summed E-state index contributed by atoms with van der Waals surface area (Å²) in [5, 5.41) is 4.27. The van der Waals surface area contributed by atoms with E-state index in [2.05, 4.69) is 60.1 Å². The normalized spacial score (nSPS) is 21.5. The van der Waals surface area contributed by atoms with Crippen LogP contribution in [-0.4, -0.2) is 70.0 Å². The van der Waals surface area contributed by atoms with E-state index in [4.69, 9.17) is 16.6 Å². The Hall–Kier alpha value is -2.26. The van der Waals surface area contributed by atoms with E-state index in [-0.39, 0.29) is 6.04 Å². The van der Waals surface area contributed by atoms with Gasteiger partial charge >= 0.3 is 0 Å². The van der Waals surface area contributed by atoms with Crippen molar-refractivity contribution in [1.82, 2.24) is 29.7 Å². The summed E-state index contributed by atoms with van der Waals surface area (Å²) in [4.78, 5) is 24.1. The minimum Gasteiger partial charge on any atom is -0.345 e. The summed E-state index contributed by atoms with van der Waals surface area (Å²) in [7, 11) is 0. The number of hydrogen-bond donors (Lipinski definition) is 1. The summed E-state index contributed by atoms with van der Waals surface area (Å²) in [6.07, 6.45) is 11.2. The summed E-state index contributed by atoms with van der Waals surface area (Å²) in [5.41, 5.74) is 6.32. The quantitative estimate of drug-likeness (QED) is 0.443. The number of amides is 1. The van der Waals surface area contributed by atoms with Crippen molar-refractivity contribution in [2.45, 2.75) is 45.2 Å². The lowest BCUT2D eigenvalue weighted by Gasteiger charge is -2.35. The molecule has 2 unspecified atom stereocenters. The van der Waals surface area contributed by atoms with Crippen LogP contribution in [0.2, 0.25) is 5.02 Å². The van der Waals surface area contributed by atoms with Crippen LogP contribution in [0.25, 0.3) is 0 Å². The fourth-order valence-electron chi connectivity index (χ4n) is 5.93. The van der Waals surface area contributed by atoms with E-state index in [0.717, 1.165) is 86.7 Å². The number of hydrogen-bond acceptors (Lipinski definition) is 5. The van der Waals surface area contributed by atoms with Crippen molar-refractivity contribution >= 4 is 33.9 Å². The molecule has 2 fully saturated rings. The zero-order valence-electron chi connectivity index (χ0n) is 22.0. The highest BCUT2D eigenvalue weighted by Crippen LogP contribution is 2.37. The van der Waals surface area contributed by atoms with E-state index in [0.29, 0.717) is 5.92 Å². The summed E-state index contributed by atoms with van der Waals surface area (Å²) >= 11 is 9.82. The Bertz CT molecular complexity index is 1190. The number of nitrogens with one attached hydrogen (secondary N) is 1. The molecule has 0 bridgehead atoms. The van der Waals surface area contributed by atoms with Crippen molar-refractivity contribution in [3.05, 3.63) is 80.6 Å². The predicted molar refractivity (Wildman–Crippen MR) is 154 cm³/mol. The molecule has 2 aliphatic heterocycles. The number of fused-ring (bicyclic) bond motifs is 2. The van der Waals surface area contributed by atoms with Crippen LogP contribution in [0.3, 0.4) is 0 Å². The third-order valence-electron chi connectivity index (χ3n) is 7.74. The minimum absolute atomic E-state index is 0.231. The van der Waals surface area contributed by atoms with E-state index in [1.807, 2.05) is 30.4 Å². The van der Waals surface area contributed by atoms with Crippen molar-refractivity contribution in [2.75, 3.05) is 39.3 Å². The lowest BCUT2D eigenvalue weighted by Crippen LogP contribution is -2.45. The van der Waals surface area contributed by atoms with Gasteiger partial charge in [-0.3, -0.25) is 14.7 Å². The number of halogens is 2. The number of likely N-dealkylation sites (tertiary alicyclic amines) is 1. The first kappa shape index (κ1) is 27.3. The largest absolute Gasteiger partial charge is 0.345 e. The van der Waals surface area contributed by atoms with Crippen LogP contribution < -0.4 is 5.32 Å². The number of aromatic nitrogens is 3. The molecule has 4 heterocycles. The van der Waals surface area contributed by atoms with Gasteiger partial charge in [-0.2, -0.15) is 0 Å². The van der Waals surface area contributed by atoms with E-state index < -0.39 is 0 Å². The van der Waals surface area contributed by atoms with Crippen LogP contribution in [0.15, 0.2) is 47.5 Å². The number of rotatable bonds is 4. The molecule has 38 heavy (non-hydrogen) atoms. The van der Waals surface area contributed by atoms with Gasteiger partial charge in [0.25, 0.3) is 0 Å². The number of imidazole rings is 1. The number of pyridine rings is 1. The Labute approximate surface area is 238 Å². The van der Waals surface area contributed by atoms with Gasteiger partial charge in [0.2, 0.25) is 6.41 Å². The Morgan fingerprint density at radius 1 is 1.13 bits per heavy atom. The molecule has 0 saturated carbocycles. The molecule has 6 rings (SSSR count). The average Bonchev–Trinajstić information content (AvgIpc) is 3.27. The Balaban J connectivity index is 0.000000170. The second-order valence-corrected chi connectivity index (χ2v) is 11.9. The molecule has 7 nitrogen and oxygen atoms in total. The fourth-order valence-corrected chi connectivity index (χ4v) is 6.51. The zero-order chi connectivity index (χ0) is 26.5. The lowest BCUT2D eigenvalue weighted by molar-refractivity contribution is -0.119. The number of carbonyl (C=O) groups is 1. The van der Waals surface area contributed by atoms with Crippen LogP contribution >= 0.6 is 27.5 Å². The van der Waals surface area contributed by atoms with Crippen molar-refractivity contribution < 1.29 is 4.79 Å². The van der Waals surface area contributed by atoms with Crippen molar-refractivity contribution in [3.63, 3.8) is 0 Å². The van der Waals surface area contributed by atoms with Gasteiger partial charge < -0.3 is 14.8 Å². The number of piperidine rings is 1. The molecule has 1 amide bonds. The molecule has 9 heteroatoms. The summed E-state index contributed by atoms with van der Waals surface area (Å²) < 4.78 is 3.17. The van der Waals surface area contributed by atoms with Crippen LogP contribution in [-0.2, 0) is 24.2 Å². The van der Waals surface area contributed by atoms with Crippen LogP contribution in [0.4, 0.5) is 0 Å². The SMILES string of the molecule is Cc1cn(CC2CCCN(C=O)C2)cn1.Clc1ccc2c(c1)CCc1cc(Br)cnc1C2N1CCNCC1. The molecule has 202 valence electrons. The third kappa shape index (κ3) is 6.65. The number of piperazine rings is 1. The Morgan fingerprint density at radius 3 is 2.71 bits per heavy atom. The molecule has 3 aliphatic rings. The number of aryl methyl sites for hydroxylation is 3. The first-order valence-corrected chi connectivity index (χ1v) is 14.7. The topological polar surface area (TPSA) is 66.3 Å². The maximum Gasteiger partial charge on any atom is 0.209 e. The maximum atomic E-state index is 10.7. The maximum absolute atomic E-state index is 10.7. The van der Waals surface area contributed by atoms with Gasteiger partial charge in [-0.15, -0.1) is 0 Å². The van der Waals surface area contributed by atoms with Gasteiger partial charge in [-0.25, -0.2) is 4.98 Å². The number of nitrogens with zero attached hydrogens (tertiary/aromatic N) is 5. The predicted octanol–water partition coefficient (Wildman–Crippen LogP) is 4.65. The van der Waals surface area contributed by atoms with Gasteiger partial charge in [-0.1, -0.05) is 17.7 Å². The highest BCUT2D eigenvalue weighted by Gasteiger charge is 2.31. The molecular formula is C29H36BrClN6O. The molecule has 2 saturated heterocycles. The average molecular weight is 600 g/mol. The van der Waals surface area contributed by atoms with Gasteiger partial charge in [0, 0.05) is 67.7 Å². The second kappa shape index (κ2) is 12.7. The molecule has 2 aromatic heterocycles. The standard InChI is InChI=1S/C18H19BrClN3.C11H17N3O/c19-14-9-13-2-1-12-10-15(20)3-4-16(12)18(17(13)22-11-14)23-7-5-21-6-8-23;1-10-5-14(8-12-10)7-11-3-2-4-13(6-11)9-15/h3-4,9-11,18,21H,1-2,5-8H2;5,8-9,11H,2-4,6-7H2,1H3. The van der Waals surface area contributed by atoms with Gasteiger partial charge in [-0.05, 0) is 89.3 Å². The first-order chi connectivity index (χ1) is 18.5. The van der Waals surface area contributed by atoms with Crippen LogP contribution in [0.5, 0.6) is 0 Å². The van der Waals surface area contributed by atoms with E-state index >= 15 is 0 Å². The minimum atomic E-state index is 0.231. The molecule has 0 radical (unpaired) electrons. The fraction of sp³-hybridized carbons (Fsp3) is 0.483. The Morgan fingerprint density at radius 2 is 1.95 bits per heavy atom. The summed E-state index contributed by atoms with van der Waals surface area (Å²) in [5.74, 6) is 0.581. The van der Waals surface area contributed by atoms with Gasteiger partial charge in [0.1, 0.15) is 0 Å². The molecule has 3 aromatic rings. The molecule has 2 atom stereocenters. The molecule has 1 N–H and O–H groups in total. The first-order valence-electron chi connectivity index (χ1n) is 13.6. The third-order valence-corrected chi connectivity index (χ3v) is 8.41. The molecule has 1 aliphatic carbocycles. The van der Waals surface area contributed by atoms with Crippen LogP contribution in [0, 0.1) is 12.8 Å². The lowest BCUT2D eigenvalue weighted by atomic mass is 9.96. The zero-order valence-corrected chi connectivity index (χ0v) is 24.3. The van der Waals surface area contributed by atoms with Crippen molar-refractivity contribution in [2.24, 2.45) is 5.92 Å². The van der Waals surface area contributed by atoms with E-state index in [1.54, 1.807) is 0 Å². The van der Waals surface area contributed by atoms with Crippen molar-refractivity contribution in [1.29, 1.82) is 0 Å². The van der Waals surface area contributed by atoms with Gasteiger partial charge in [0.05, 0.1) is 23.8 Å². The number of carbonyl (C=O) groups excluding carboxylic acids is 1. The van der Waals surface area contributed by atoms with Crippen molar-refractivity contribution in [3.8, 4) is 0 Å². The van der Waals surface area contributed by atoms with E-state index in [9.17, 15) is 4.79 Å². The van der Waals surface area contributed by atoms with E-state index in [1.165, 1.54) is 28.8 Å². The molecular weight excluding hydrogens is 564 g/mol. The van der Waals surface area contributed by atoms with Crippen LogP contribution in [0.1, 0.15) is 47.0 Å². The summed E-state index contributed by atoms with van der Waals surface area (Å²) in [6, 6.07) is 8.80. The Kier molecular flexibility index (Phi) is 9.15. The number of benzene rings is 1. The molecule has 1 aromatic carbocycles. The van der Waals surface area contributed by atoms with Gasteiger partial charge in [0.15, 0.2) is 0 Å². The molecule has 0 spiro atoms.